The second kappa shape index (κ2) is 12.9. The minimum absolute atomic E-state index is 0.0863. The summed E-state index contributed by atoms with van der Waals surface area (Å²) in [5.74, 6) is -0.0365. The summed E-state index contributed by atoms with van der Waals surface area (Å²) in [4.78, 5) is 29.9. The molecule has 6 rings (SSSR count). The molecule has 0 saturated carbocycles. The zero-order valence-electron chi connectivity index (χ0n) is 21.5. The van der Waals surface area contributed by atoms with Crippen molar-refractivity contribution in [2.75, 3.05) is 44.2 Å². The topological polar surface area (TPSA) is 85.9 Å². The monoisotopic (exact) mass is 561 g/mol. The van der Waals surface area contributed by atoms with E-state index in [4.69, 9.17) is 9.84 Å². The number of carboxylic acid groups (broad SMARTS) is 1. The maximum atomic E-state index is 11.5. The van der Waals surface area contributed by atoms with Gasteiger partial charge in [0.05, 0.1) is 12.1 Å². The Labute approximate surface area is 234 Å². The van der Waals surface area contributed by atoms with E-state index in [-0.39, 0.29) is 5.56 Å². The molecule has 1 fully saturated rings. The normalized spacial score (nSPS) is 13.8. The van der Waals surface area contributed by atoms with Crippen LogP contribution in [0.15, 0.2) is 82.3 Å². The van der Waals surface area contributed by atoms with E-state index >= 15 is 0 Å². The highest BCUT2D eigenvalue weighted by molar-refractivity contribution is 7.17. The molecule has 9 heteroatoms. The van der Waals surface area contributed by atoms with Gasteiger partial charge in [-0.1, -0.05) is 12.1 Å². The summed E-state index contributed by atoms with van der Waals surface area (Å²) in [6.45, 7) is 6.20. The van der Waals surface area contributed by atoms with Gasteiger partial charge in [0, 0.05) is 54.1 Å². The van der Waals surface area contributed by atoms with Crippen molar-refractivity contribution in [3.8, 4) is 5.75 Å². The molecule has 7 nitrogen and oxygen atoms in total. The molecule has 2 N–H and O–H groups in total. The number of carbonyl (C=O) groups is 1. The number of anilines is 1. The zero-order chi connectivity index (χ0) is 27.0. The molecule has 4 heterocycles. The maximum Gasteiger partial charge on any atom is 0.345 e. The van der Waals surface area contributed by atoms with Gasteiger partial charge in [-0.3, -0.25) is 9.69 Å². The van der Waals surface area contributed by atoms with Gasteiger partial charge in [0.1, 0.15) is 10.6 Å². The first kappa shape index (κ1) is 26.9. The van der Waals surface area contributed by atoms with Gasteiger partial charge in [-0.25, -0.2) is 4.79 Å². The highest BCUT2D eigenvalue weighted by Crippen LogP contribution is 2.31. The van der Waals surface area contributed by atoms with Gasteiger partial charge in [-0.2, -0.15) is 0 Å². The molecule has 1 aliphatic heterocycles. The lowest BCUT2D eigenvalue weighted by atomic mass is 10.2. The second-order valence-corrected chi connectivity index (χ2v) is 11.2. The van der Waals surface area contributed by atoms with E-state index in [1.54, 1.807) is 23.6 Å². The van der Waals surface area contributed by atoms with E-state index in [2.05, 4.69) is 44.4 Å². The number of aromatic nitrogens is 1. The van der Waals surface area contributed by atoms with Crippen LogP contribution in [0, 0.1) is 0 Å². The van der Waals surface area contributed by atoms with Crippen LogP contribution in [0.25, 0.3) is 21.0 Å². The Balaban J connectivity index is 0.000000332. The summed E-state index contributed by atoms with van der Waals surface area (Å²) < 4.78 is 7.28. The van der Waals surface area contributed by atoms with E-state index in [9.17, 15) is 9.59 Å². The molecule has 0 bridgehead atoms. The van der Waals surface area contributed by atoms with Crippen LogP contribution in [-0.4, -0.2) is 60.3 Å². The van der Waals surface area contributed by atoms with E-state index < -0.39 is 5.97 Å². The summed E-state index contributed by atoms with van der Waals surface area (Å²) in [7, 11) is 0. The van der Waals surface area contributed by atoms with Crippen molar-refractivity contribution >= 4 is 55.3 Å². The van der Waals surface area contributed by atoms with Crippen LogP contribution in [0.2, 0.25) is 0 Å². The number of nitrogens with one attached hydrogen (secondary N) is 1. The summed E-state index contributed by atoms with van der Waals surface area (Å²) in [6.07, 6.45) is 2.16. The van der Waals surface area contributed by atoms with Crippen molar-refractivity contribution in [2.24, 2.45) is 0 Å². The Morgan fingerprint density at radius 2 is 1.77 bits per heavy atom. The average molecular weight is 562 g/mol. The van der Waals surface area contributed by atoms with Crippen LogP contribution < -0.4 is 15.2 Å². The molecule has 0 amide bonds. The smallest absolute Gasteiger partial charge is 0.345 e. The van der Waals surface area contributed by atoms with Crippen molar-refractivity contribution in [2.45, 2.75) is 12.8 Å². The molecule has 5 aromatic rings. The predicted octanol–water partition coefficient (Wildman–Crippen LogP) is 6.17. The third-order valence-electron chi connectivity index (χ3n) is 6.75. The van der Waals surface area contributed by atoms with Crippen molar-refractivity contribution < 1.29 is 14.6 Å². The van der Waals surface area contributed by atoms with Crippen molar-refractivity contribution in [3.05, 3.63) is 92.7 Å². The largest absolute Gasteiger partial charge is 0.494 e. The van der Waals surface area contributed by atoms with E-state index in [1.165, 1.54) is 27.1 Å². The van der Waals surface area contributed by atoms with Crippen LogP contribution in [0.5, 0.6) is 5.75 Å². The lowest BCUT2D eigenvalue weighted by Crippen LogP contribution is -2.46. The molecule has 0 radical (unpaired) electrons. The zero-order valence-corrected chi connectivity index (χ0v) is 23.2. The van der Waals surface area contributed by atoms with Gasteiger partial charge in [0.15, 0.2) is 0 Å². The van der Waals surface area contributed by atoms with Crippen LogP contribution in [0.1, 0.15) is 22.5 Å². The Kier molecular flexibility index (Phi) is 8.93. The fourth-order valence-corrected chi connectivity index (χ4v) is 6.08. The number of fused-ring (bicyclic) bond motifs is 2. The van der Waals surface area contributed by atoms with Gasteiger partial charge in [0.25, 0.3) is 0 Å². The molecule has 0 unspecified atom stereocenters. The van der Waals surface area contributed by atoms with Gasteiger partial charge in [-0.15, -0.1) is 22.7 Å². The van der Waals surface area contributed by atoms with E-state index in [0.29, 0.717) is 11.5 Å². The number of ether oxygens (including phenoxy) is 1. The number of nitrogens with zero attached hydrogens (tertiary/aromatic N) is 2. The number of piperazine rings is 1. The van der Waals surface area contributed by atoms with Gasteiger partial charge in [-0.05, 0) is 78.0 Å². The quantitative estimate of drug-likeness (QED) is 0.220. The number of hydrogen-bond acceptors (Lipinski definition) is 7. The first-order valence-corrected chi connectivity index (χ1v) is 14.8. The van der Waals surface area contributed by atoms with Crippen LogP contribution in [0.4, 0.5) is 5.69 Å². The molecule has 202 valence electrons. The minimum atomic E-state index is -0.847. The molecule has 39 heavy (non-hydrogen) atoms. The van der Waals surface area contributed by atoms with Gasteiger partial charge < -0.3 is 19.7 Å². The lowest BCUT2D eigenvalue weighted by molar-refractivity contribution is 0.0702. The molecule has 3 aromatic heterocycles. The van der Waals surface area contributed by atoms with Crippen LogP contribution in [-0.2, 0) is 0 Å². The van der Waals surface area contributed by atoms with Crippen molar-refractivity contribution in [1.29, 1.82) is 0 Å². The van der Waals surface area contributed by atoms with Crippen LogP contribution in [0.3, 0.4) is 0 Å². The molecule has 1 saturated heterocycles. The second-order valence-electron chi connectivity index (χ2n) is 9.35. The third-order valence-corrected chi connectivity index (χ3v) is 8.49. The number of rotatable bonds is 8. The summed E-state index contributed by atoms with van der Waals surface area (Å²) in [5.41, 5.74) is 2.11. The maximum absolute atomic E-state index is 11.5. The molecule has 0 spiro atoms. The van der Waals surface area contributed by atoms with Crippen molar-refractivity contribution in [3.63, 3.8) is 0 Å². The number of thiophene rings is 2. The Morgan fingerprint density at radius 1 is 0.923 bits per heavy atom. The highest BCUT2D eigenvalue weighted by Gasteiger charge is 2.18. The number of H-pyrrole nitrogens is 1. The number of hydrogen-bond donors (Lipinski definition) is 2. The average Bonchev–Trinajstić information content (AvgIpc) is 3.66. The fourth-order valence-electron chi connectivity index (χ4n) is 4.71. The van der Waals surface area contributed by atoms with E-state index in [1.807, 2.05) is 35.6 Å². The number of unbranched alkanes of at least 4 members (excludes halogenated alkanes) is 1. The Hall–Kier alpha value is -3.66. The summed E-state index contributed by atoms with van der Waals surface area (Å²) in [6, 6.07) is 21.4. The number of aromatic amines is 1. The lowest BCUT2D eigenvalue weighted by Gasteiger charge is -2.36. The predicted molar refractivity (Wildman–Crippen MR) is 161 cm³/mol. The van der Waals surface area contributed by atoms with Crippen LogP contribution >= 0.6 is 22.7 Å². The summed E-state index contributed by atoms with van der Waals surface area (Å²) in [5, 5.41) is 14.6. The molecule has 1 aliphatic rings. The number of carboxylic acids is 1. The number of benzene rings is 2. The minimum Gasteiger partial charge on any atom is -0.494 e. The molecular weight excluding hydrogens is 530 g/mol. The van der Waals surface area contributed by atoms with E-state index in [0.717, 1.165) is 62.2 Å². The standard InChI is InChI=1S/C25H27N3O2S.C5H4O2S/c29-25-9-7-19-6-8-20(18-22(19)26-25)30-16-2-1-11-27-12-14-28(15-13-27)23-4-3-5-24-21(23)10-17-31-24;6-5(7)4-2-1-3-8-4/h3-10,17-18H,1-2,11-16H2,(H,26,29);1-3H,(H,6,7). The molecular formula is C30H31N3O4S2. The Morgan fingerprint density at radius 3 is 2.54 bits per heavy atom. The molecule has 2 aromatic carbocycles. The highest BCUT2D eigenvalue weighted by atomic mass is 32.1. The molecule has 0 aliphatic carbocycles. The first-order chi connectivity index (χ1) is 19.1. The fraction of sp³-hybridized carbons (Fsp3) is 0.267. The number of pyridine rings is 1. The SMILES string of the molecule is O=C(O)c1cccs1.O=c1ccc2ccc(OCCCCN3CCN(c4cccc5sccc45)CC3)cc2[nH]1. The van der Waals surface area contributed by atoms with Gasteiger partial charge >= 0.3 is 5.97 Å². The third kappa shape index (κ3) is 7.06. The Bertz CT molecular complexity index is 1570. The summed E-state index contributed by atoms with van der Waals surface area (Å²) >= 11 is 3.05. The first-order valence-electron chi connectivity index (χ1n) is 13.0. The molecule has 0 atom stereocenters. The van der Waals surface area contributed by atoms with Crippen molar-refractivity contribution in [1.82, 2.24) is 9.88 Å². The number of aromatic carboxylic acids is 1. The van der Waals surface area contributed by atoms with Gasteiger partial charge in [0.2, 0.25) is 5.56 Å².